The number of amides is 1. The molecule has 0 saturated carbocycles. The van der Waals surface area contributed by atoms with Crippen LogP contribution in [0.1, 0.15) is 19.4 Å². The maximum Gasteiger partial charge on any atom is 0.270 e. The minimum atomic E-state index is -0.478. The van der Waals surface area contributed by atoms with Crippen LogP contribution in [0, 0.1) is 10.1 Å². The molecule has 0 spiro atoms. The van der Waals surface area contributed by atoms with Gasteiger partial charge in [0.1, 0.15) is 0 Å². The Balaban J connectivity index is 1.63. The summed E-state index contributed by atoms with van der Waals surface area (Å²) in [7, 11) is 0. The second-order valence-electron chi connectivity index (χ2n) is 6.39. The summed E-state index contributed by atoms with van der Waals surface area (Å²) in [4.78, 5) is 22.6. The molecule has 0 aliphatic carbocycles. The van der Waals surface area contributed by atoms with Gasteiger partial charge in [-0.1, -0.05) is 35.5 Å². The first-order valence-electron chi connectivity index (χ1n) is 9.29. The Morgan fingerprint density at radius 3 is 2.68 bits per heavy atom. The van der Waals surface area contributed by atoms with Crippen LogP contribution in [-0.2, 0) is 11.3 Å². The summed E-state index contributed by atoms with van der Waals surface area (Å²) < 4.78 is 1.92. The van der Waals surface area contributed by atoms with Gasteiger partial charge in [-0.05, 0) is 38.1 Å². The third-order valence-corrected chi connectivity index (χ3v) is 5.51. The number of carbonyl (C=O) groups excluding carboxylic acids is 1. The van der Waals surface area contributed by atoms with Crippen molar-refractivity contribution in [3.05, 3.63) is 69.2 Å². The number of benzene rings is 2. The molecule has 0 unspecified atom stereocenters. The van der Waals surface area contributed by atoms with E-state index in [-0.39, 0.29) is 17.3 Å². The summed E-state index contributed by atoms with van der Waals surface area (Å²) >= 11 is 7.19. The minimum Gasteiger partial charge on any atom is -0.302 e. The average Bonchev–Trinajstić information content (AvgIpc) is 3.19. The van der Waals surface area contributed by atoms with Crippen molar-refractivity contribution in [2.45, 2.75) is 25.5 Å². The monoisotopic (exact) mass is 458 g/mol. The molecule has 1 N–H and O–H groups in total. The zero-order valence-electron chi connectivity index (χ0n) is 16.8. The van der Waals surface area contributed by atoms with Gasteiger partial charge in [0.15, 0.2) is 11.0 Å². The van der Waals surface area contributed by atoms with E-state index in [2.05, 4.69) is 20.7 Å². The summed E-state index contributed by atoms with van der Waals surface area (Å²) in [6, 6.07) is 13.4. The fraction of sp³-hybridized carbons (Fsp3) is 0.200. The summed E-state index contributed by atoms with van der Waals surface area (Å²) in [5, 5.41) is 24.6. The number of hydrogen-bond acceptors (Lipinski definition) is 7. The molecule has 3 rings (SSSR count). The average molecular weight is 459 g/mol. The van der Waals surface area contributed by atoms with Crippen molar-refractivity contribution in [3.8, 4) is 11.4 Å². The molecule has 1 aromatic heterocycles. The molecule has 1 amide bonds. The van der Waals surface area contributed by atoms with Crippen LogP contribution < -0.4 is 5.43 Å². The second-order valence-corrected chi connectivity index (χ2v) is 7.76. The molecule has 1 heterocycles. The van der Waals surface area contributed by atoms with E-state index in [0.717, 1.165) is 5.56 Å². The largest absolute Gasteiger partial charge is 0.302 e. The molecule has 160 valence electrons. The Hall–Kier alpha value is -3.24. The van der Waals surface area contributed by atoms with E-state index in [4.69, 9.17) is 11.6 Å². The second kappa shape index (κ2) is 10.2. The lowest BCUT2D eigenvalue weighted by Gasteiger charge is -2.07. The van der Waals surface area contributed by atoms with Crippen molar-refractivity contribution < 1.29 is 9.72 Å². The number of nitro groups is 1. The lowest BCUT2D eigenvalue weighted by molar-refractivity contribution is -0.384. The van der Waals surface area contributed by atoms with E-state index in [1.807, 2.05) is 23.6 Å². The van der Waals surface area contributed by atoms with Crippen molar-refractivity contribution in [1.29, 1.82) is 0 Å². The molecule has 0 aliphatic heterocycles. The van der Waals surface area contributed by atoms with Crippen molar-refractivity contribution in [2.75, 3.05) is 5.75 Å². The number of hydrazone groups is 1. The van der Waals surface area contributed by atoms with E-state index >= 15 is 0 Å². The number of halogens is 1. The van der Waals surface area contributed by atoms with Crippen molar-refractivity contribution in [3.63, 3.8) is 0 Å². The van der Waals surface area contributed by atoms with Gasteiger partial charge in [0.2, 0.25) is 0 Å². The van der Waals surface area contributed by atoms with Crippen LogP contribution in [0.5, 0.6) is 0 Å². The maximum atomic E-state index is 12.2. The van der Waals surface area contributed by atoms with Gasteiger partial charge in [0.25, 0.3) is 11.6 Å². The molecule has 0 fully saturated rings. The standard InChI is InChI=1S/C20H19ClN6O3S/c1-3-26-19(14-7-9-16(21)10-8-14)24-25-20(26)31-12-18(28)23-22-13(2)15-5-4-6-17(11-15)27(29)30/h4-11H,3,12H2,1-2H3,(H,23,28). The summed E-state index contributed by atoms with van der Waals surface area (Å²) in [5.41, 5.74) is 4.33. The zero-order valence-corrected chi connectivity index (χ0v) is 18.4. The predicted octanol–water partition coefficient (Wildman–Crippen LogP) is 4.16. The molecule has 2 aromatic carbocycles. The van der Waals surface area contributed by atoms with Gasteiger partial charge in [0, 0.05) is 34.8 Å². The van der Waals surface area contributed by atoms with Gasteiger partial charge < -0.3 is 4.57 Å². The Kier molecular flexibility index (Phi) is 7.37. The van der Waals surface area contributed by atoms with Crippen LogP contribution in [0.2, 0.25) is 5.02 Å². The van der Waals surface area contributed by atoms with E-state index in [0.29, 0.717) is 33.8 Å². The summed E-state index contributed by atoms with van der Waals surface area (Å²) in [6.07, 6.45) is 0. The number of thioether (sulfide) groups is 1. The number of nitrogens with one attached hydrogen (secondary N) is 1. The Morgan fingerprint density at radius 2 is 2.00 bits per heavy atom. The topological polar surface area (TPSA) is 115 Å². The Labute approximate surface area is 187 Å². The molecule has 0 saturated heterocycles. The maximum absolute atomic E-state index is 12.2. The van der Waals surface area contributed by atoms with Gasteiger partial charge in [-0.25, -0.2) is 5.43 Å². The number of carbonyl (C=O) groups is 1. The van der Waals surface area contributed by atoms with Gasteiger partial charge >= 0.3 is 0 Å². The van der Waals surface area contributed by atoms with Crippen LogP contribution in [-0.4, -0.2) is 37.1 Å². The fourth-order valence-corrected chi connectivity index (χ4v) is 3.63. The molecule has 0 radical (unpaired) electrons. The summed E-state index contributed by atoms with van der Waals surface area (Å²) in [5.74, 6) is 0.458. The van der Waals surface area contributed by atoms with Gasteiger partial charge in [-0.15, -0.1) is 10.2 Å². The SMILES string of the molecule is CCn1c(SCC(=O)NN=C(C)c2cccc([N+](=O)[O-])c2)nnc1-c1ccc(Cl)cc1. The van der Waals surface area contributed by atoms with Gasteiger partial charge in [0.05, 0.1) is 16.4 Å². The Morgan fingerprint density at radius 1 is 1.26 bits per heavy atom. The number of aromatic nitrogens is 3. The van der Waals surface area contributed by atoms with Gasteiger partial charge in [-0.2, -0.15) is 5.10 Å². The molecule has 11 heteroatoms. The van der Waals surface area contributed by atoms with Crippen LogP contribution >= 0.6 is 23.4 Å². The third kappa shape index (κ3) is 5.68. The van der Waals surface area contributed by atoms with Crippen molar-refractivity contribution in [2.24, 2.45) is 5.10 Å². The molecule has 3 aromatic rings. The Bertz CT molecular complexity index is 1130. The fourth-order valence-electron chi connectivity index (χ4n) is 2.71. The van der Waals surface area contributed by atoms with E-state index in [1.165, 1.54) is 23.9 Å². The quantitative estimate of drug-likeness (QED) is 0.234. The molecular weight excluding hydrogens is 440 g/mol. The third-order valence-electron chi connectivity index (χ3n) is 4.29. The summed E-state index contributed by atoms with van der Waals surface area (Å²) in [6.45, 7) is 4.27. The van der Waals surface area contributed by atoms with Gasteiger partial charge in [-0.3, -0.25) is 14.9 Å². The first-order valence-corrected chi connectivity index (χ1v) is 10.6. The van der Waals surface area contributed by atoms with Crippen molar-refractivity contribution in [1.82, 2.24) is 20.2 Å². The molecule has 0 aliphatic rings. The number of rotatable bonds is 8. The highest BCUT2D eigenvalue weighted by Gasteiger charge is 2.15. The number of non-ortho nitro benzene ring substituents is 1. The lowest BCUT2D eigenvalue weighted by atomic mass is 10.1. The highest BCUT2D eigenvalue weighted by Crippen LogP contribution is 2.25. The highest BCUT2D eigenvalue weighted by molar-refractivity contribution is 7.99. The highest BCUT2D eigenvalue weighted by atomic mass is 35.5. The molecule has 0 bridgehead atoms. The predicted molar refractivity (Wildman–Crippen MR) is 120 cm³/mol. The molecule has 0 atom stereocenters. The zero-order chi connectivity index (χ0) is 22.4. The van der Waals surface area contributed by atoms with E-state index < -0.39 is 4.92 Å². The van der Waals surface area contributed by atoms with Crippen molar-refractivity contribution >= 4 is 40.7 Å². The van der Waals surface area contributed by atoms with Crippen LogP contribution in [0.4, 0.5) is 5.69 Å². The first-order chi connectivity index (χ1) is 14.9. The number of nitro benzene ring substituents is 1. The molecular formula is C20H19ClN6O3S. The lowest BCUT2D eigenvalue weighted by Crippen LogP contribution is -2.21. The van der Waals surface area contributed by atoms with Crippen LogP contribution in [0.25, 0.3) is 11.4 Å². The normalized spacial score (nSPS) is 11.4. The smallest absolute Gasteiger partial charge is 0.270 e. The first kappa shape index (κ1) is 22.4. The van der Waals surface area contributed by atoms with E-state index in [1.54, 1.807) is 31.2 Å². The number of nitrogens with zero attached hydrogens (tertiary/aromatic N) is 5. The minimum absolute atomic E-state index is 0.0377. The van der Waals surface area contributed by atoms with Crippen LogP contribution in [0.3, 0.4) is 0 Å². The van der Waals surface area contributed by atoms with E-state index in [9.17, 15) is 14.9 Å². The number of hydrogen-bond donors (Lipinski definition) is 1. The molecule has 9 nitrogen and oxygen atoms in total. The van der Waals surface area contributed by atoms with Crippen LogP contribution in [0.15, 0.2) is 58.8 Å². The molecule has 31 heavy (non-hydrogen) atoms.